The third-order valence-electron chi connectivity index (χ3n) is 5.09. The highest BCUT2D eigenvalue weighted by molar-refractivity contribution is 6.46. The summed E-state index contributed by atoms with van der Waals surface area (Å²) in [5, 5.41) is 11.1. The van der Waals surface area contributed by atoms with E-state index in [9.17, 15) is 14.7 Å². The predicted molar refractivity (Wildman–Crippen MR) is 110 cm³/mol. The summed E-state index contributed by atoms with van der Waals surface area (Å²) in [4.78, 5) is 31.3. The van der Waals surface area contributed by atoms with Crippen molar-refractivity contribution in [2.75, 3.05) is 14.2 Å². The zero-order chi connectivity index (χ0) is 22.0. The number of carbonyl (C=O) groups is 2. The van der Waals surface area contributed by atoms with E-state index in [1.165, 1.54) is 25.4 Å². The molecule has 1 atom stereocenters. The van der Waals surface area contributed by atoms with E-state index in [2.05, 4.69) is 4.98 Å². The summed E-state index contributed by atoms with van der Waals surface area (Å²) in [5.74, 6) is -0.631. The van der Waals surface area contributed by atoms with Crippen molar-refractivity contribution in [1.82, 2.24) is 9.88 Å². The van der Waals surface area contributed by atoms with Gasteiger partial charge in [0.05, 0.1) is 26.1 Å². The Kier molecular flexibility index (Phi) is 5.44. The monoisotopic (exact) mass is 420 g/mol. The van der Waals surface area contributed by atoms with Crippen LogP contribution in [0.4, 0.5) is 0 Å². The number of pyridine rings is 1. The molecule has 1 fully saturated rings. The normalized spacial score (nSPS) is 17.7. The second kappa shape index (κ2) is 8.35. The van der Waals surface area contributed by atoms with E-state index in [4.69, 9.17) is 13.9 Å². The molecule has 1 aromatic carbocycles. The molecule has 8 heteroatoms. The molecule has 1 aliphatic heterocycles. The maximum atomic E-state index is 13.0. The van der Waals surface area contributed by atoms with Gasteiger partial charge in [0.1, 0.15) is 17.6 Å². The number of hydrogen-bond donors (Lipinski definition) is 1. The Balaban J connectivity index is 1.83. The molecule has 2 aromatic heterocycles. The van der Waals surface area contributed by atoms with Crippen molar-refractivity contribution in [2.24, 2.45) is 0 Å². The van der Waals surface area contributed by atoms with Crippen molar-refractivity contribution < 1.29 is 28.6 Å². The highest BCUT2D eigenvalue weighted by Crippen LogP contribution is 2.41. The number of hydrogen-bond acceptors (Lipinski definition) is 7. The van der Waals surface area contributed by atoms with Crippen LogP contribution in [0.25, 0.3) is 5.76 Å². The van der Waals surface area contributed by atoms with E-state index < -0.39 is 17.7 Å². The number of amides is 1. The second-order valence-corrected chi connectivity index (χ2v) is 6.87. The molecular weight excluding hydrogens is 400 g/mol. The summed E-state index contributed by atoms with van der Waals surface area (Å²) in [6.45, 7) is 0.131. The maximum absolute atomic E-state index is 13.0. The molecule has 1 aliphatic rings. The average Bonchev–Trinajstić information content (AvgIpc) is 3.41. The summed E-state index contributed by atoms with van der Waals surface area (Å²) in [6, 6.07) is 10.7. The van der Waals surface area contributed by atoms with Crippen molar-refractivity contribution >= 4 is 17.4 Å². The van der Waals surface area contributed by atoms with Crippen LogP contribution in [-0.4, -0.2) is 40.9 Å². The van der Waals surface area contributed by atoms with E-state index in [-0.39, 0.29) is 17.9 Å². The molecule has 0 bridgehead atoms. The number of aliphatic hydroxyl groups excluding tert-OH is 1. The molecule has 158 valence electrons. The molecule has 4 rings (SSSR count). The van der Waals surface area contributed by atoms with Crippen LogP contribution in [0.5, 0.6) is 11.5 Å². The molecule has 1 N–H and O–H groups in total. The number of likely N-dealkylation sites (tertiary alicyclic amines) is 1. The third kappa shape index (κ3) is 3.63. The first-order valence-corrected chi connectivity index (χ1v) is 9.48. The maximum Gasteiger partial charge on any atom is 0.296 e. The Morgan fingerprint density at radius 2 is 1.94 bits per heavy atom. The van der Waals surface area contributed by atoms with Gasteiger partial charge in [0, 0.05) is 24.5 Å². The average molecular weight is 420 g/mol. The highest BCUT2D eigenvalue weighted by Gasteiger charge is 2.47. The molecule has 1 saturated heterocycles. The van der Waals surface area contributed by atoms with Gasteiger partial charge in [-0.25, -0.2) is 0 Å². The molecule has 1 amide bonds. The number of ether oxygens (including phenoxy) is 2. The van der Waals surface area contributed by atoms with E-state index in [1.807, 2.05) is 0 Å². The van der Waals surface area contributed by atoms with Gasteiger partial charge in [0.25, 0.3) is 11.7 Å². The number of carbonyl (C=O) groups excluding carboxylic acids is 2. The van der Waals surface area contributed by atoms with Gasteiger partial charge in [-0.05, 0) is 42.0 Å². The van der Waals surface area contributed by atoms with Crippen LogP contribution in [0.15, 0.2) is 71.1 Å². The van der Waals surface area contributed by atoms with Crippen LogP contribution in [0.1, 0.15) is 22.9 Å². The summed E-state index contributed by atoms with van der Waals surface area (Å²) < 4.78 is 16.0. The highest BCUT2D eigenvalue weighted by atomic mass is 16.5. The Morgan fingerprint density at radius 1 is 1.13 bits per heavy atom. The van der Waals surface area contributed by atoms with Gasteiger partial charge in [-0.15, -0.1) is 0 Å². The number of rotatable bonds is 6. The number of methoxy groups -OCH3 is 2. The molecule has 3 aromatic rings. The largest absolute Gasteiger partial charge is 0.507 e. The summed E-state index contributed by atoms with van der Waals surface area (Å²) in [5.41, 5.74) is 0.997. The van der Waals surface area contributed by atoms with E-state index in [0.717, 1.165) is 5.56 Å². The van der Waals surface area contributed by atoms with Crippen LogP contribution in [0.3, 0.4) is 0 Å². The lowest BCUT2D eigenvalue weighted by Crippen LogP contribution is -2.29. The zero-order valence-corrected chi connectivity index (χ0v) is 16.9. The van der Waals surface area contributed by atoms with Gasteiger partial charge in [-0.3, -0.25) is 14.6 Å². The molecule has 0 saturated carbocycles. The van der Waals surface area contributed by atoms with Gasteiger partial charge in [-0.1, -0.05) is 6.07 Å². The van der Waals surface area contributed by atoms with Crippen LogP contribution in [0, 0.1) is 0 Å². The molecule has 0 aliphatic carbocycles. The molecule has 0 radical (unpaired) electrons. The van der Waals surface area contributed by atoms with Crippen LogP contribution in [-0.2, 0) is 16.1 Å². The number of ketones is 1. The first kappa shape index (κ1) is 20.2. The Labute approximate surface area is 178 Å². The van der Waals surface area contributed by atoms with Crippen LogP contribution in [0.2, 0.25) is 0 Å². The third-order valence-corrected chi connectivity index (χ3v) is 5.09. The Bertz CT molecular complexity index is 1140. The summed E-state index contributed by atoms with van der Waals surface area (Å²) in [7, 11) is 2.97. The summed E-state index contributed by atoms with van der Waals surface area (Å²) in [6.07, 6.45) is 4.70. The predicted octanol–water partition coefficient (Wildman–Crippen LogP) is 3.31. The van der Waals surface area contributed by atoms with Crippen molar-refractivity contribution in [1.29, 1.82) is 0 Å². The number of aliphatic hydroxyl groups is 1. The lowest BCUT2D eigenvalue weighted by molar-refractivity contribution is -0.140. The van der Waals surface area contributed by atoms with Crippen LogP contribution < -0.4 is 9.47 Å². The van der Waals surface area contributed by atoms with Crippen molar-refractivity contribution in [2.45, 2.75) is 12.6 Å². The Hall–Kier alpha value is -4.07. The van der Waals surface area contributed by atoms with Crippen LogP contribution >= 0.6 is 0 Å². The van der Waals surface area contributed by atoms with Gasteiger partial charge < -0.3 is 23.9 Å². The smallest absolute Gasteiger partial charge is 0.296 e. The fourth-order valence-corrected chi connectivity index (χ4v) is 3.61. The number of Topliss-reactive ketones (excluding diaryl/α,β-unsaturated/α-hetero) is 1. The lowest BCUT2D eigenvalue weighted by Gasteiger charge is -2.23. The molecule has 8 nitrogen and oxygen atoms in total. The molecule has 31 heavy (non-hydrogen) atoms. The van der Waals surface area contributed by atoms with Crippen molar-refractivity contribution in [3.05, 3.63) is 83.6 Å². The van der Waals surface area contributed by atoms with Crippen molar-refractivity contribution in [3.63, 3.8) is 0 Å². The topological polar surface area (TPSA) is 102 Å². The minimum Gasteiger partial charge on any atom is -0.507 e. The summed E-state index contributed by atoms with van der Waals surface area (Å²) >= 11 is 0. The zero-order valence-electron chi connectivity index (χ0n) is 16.9. The number of benzene rings is 1. The fourth-order valence-electron chi connectivity index (χ4n) is 3.61. The van der Waals surface area contributed by atoms with E-state index in [0.29, 0.717) is 22.8 Å². The van der Waals surface area contributed by atoms with Gasteiger partial charge in [0.2, 0.25) is 0 Å². The molecule has 3 heterocycles. The number of furan rings is 1. The lowest BCUT2D eigenvalue weighted by atomic mass is 9.99. The Morgan fingerprint density at radius 3 is 2.58 bits per heavy atom. The van der Waals surface area contributed by atoms with Gasteiger partial charge >= 0.3 is 0 Å². The number of aromatic nitrogens is 1. The SMILES string of the molecule is COc1ccc(/C(O)=C2\C(=O)C(=O)N(Cc3cccnc3)[C@@H]2c2ccco2)cc1OC. The fraction of sp³-hybridized carbons (Fsp3) is 0.174. The minimum absolute atomic E-state index is 0.0592. The molecular formula is C23H20N2O6. The van der Waals surface area contributed by atoms with Gasteiger partial charge in [-0.2, -0.15) is 0 Å². The molecule has 0 spiro atoms. The number of nitrogens with zero attached hydrogens (tertiary/aromatic N) is 2. The minimum atomic E-state index is -0.886. The standard InChI is InChI=1S/C23H20N2O6/c1-29-16-8-7-15(11-18(16)30-2)21(26)19-20(17-6-4-10-31-17)25(23(28)22(19)27)13-14-5-3-9-24-12-14/h3-12,20,26H,13H2,1-2H3/b21-19+/t20-/m1/s1. The quantitative estimate of drug-likeness (QED) is 0.371. The first-order valence-electron chi connectivity index (χ1n) is 9.48. The molecule has 0 unspecified atom stereocenters. The first-order chi connectivity index (χ1) is 15.0. The van der Waals surface area contributed by atoms with Gasteiger partial charge in [0.15, 0.2) is 11.5 Å². The van der Waals surface area contributed by atoms with E-state index in [1.54, 1.807) is 54.9 Å². The van der Waals surface area contributed by atoms with E-state index >= 15 is 0 Å². The van der Waals surface area contributed by atoms with Crippen molar-refractivity contribution in [3.8, 4) is 11.5 Å². The second-order valence-electron chi connectivity index (χ2n) is 6.87.